The van der Waals surface area contributed by atoms with Crippen LogP contribution in [-0.4, -0.2) is 18.7 Å². The molecule has 1 amide bonds. The van der Waals surface area contributed by atoms with E-state index in [0.29, 0.717) is 12.6 Å². The zero-order valence-corrected chi connectivity index (χ0v) is 12.2. The Labute approximate surface area is 120 Å². The molecule has 1 aromatic carbocycles. The number of benzene rings is 1. The van der Waals surface area contributed by atoms with Gasteiger partial charge in [0.2, 0.25) is 0 Å². The summed E-state index contributed by atoms with van der Waals surface area (Å²) in [6, 6.07) is 8.39. The predicted molar refractivity (Wildman–Crippen MR) is 82.2 cm³/mol. The van der Waals surface area contributed by atoms with Gasteiger partial charge in [-0.3, -0.25) is 5.32 Å². The van der Waals surface area contributed by atoms with E-state index in [9.17, 15) is 4.79 Å². The number of carbonyl (C=O) groups is 1. The molecule has 0 unspecified atom stereocenters. The first kappa shape index (κ1) is 14.7. The lowest BCUT2D eigenvalue weighted by molar-refractivity contribution is 0.168. The zero-order chi connectivity index (χ0) is 14.2. The number of hydrogen-bond acceptors (Lipinski definition) is 3. The van der Waals surface area contributed by atoms with Crippen LogP contribution < -0.4 is 10.6 Å². The van der Waals surface area contributed by atoms with E-state index in [-0.39, 0.29) is 0 Å². The van der Waals surface area contributed by atoms with Gasteiger partial charge in [-0.1, -0.05) is 25.7 Å². The van der Waals surface area contributed by atoms with Gasteiger partial charge in [0.25, 0.3) is 0 Å². The molecule has 0 aliphatic heterocycles. The molecule has 2 N–H and O–H groups in total. The molecule has 20 heavy (non-hydrogen) atoms. The Kier molecular flexibility index (Phi) is 5.71. The highest BCUT2D eigenvalue weighted by atomic mass is 16.5. The van der Waals surface area contributed by atoms with Crippen molar-refractivity contribution < 1.29 is 9.53 Å². The van der Waals surface area contributed by atoms with E-state index in [1.165, 1.54) is 38.5 Å². The Morgan fingerprint density at radius 3 is 2.30 bits per heavy atom. The van der Waals surface area contributed by atoms with E-state index in [4.69, 9.17) is 4.74 Å². The van der Waals surface area contributed by atoms with Gasteiger partial charge in [0.15, 0.2) is 0 Å². The minimum absolute atomic E-state index is 0.382. The molecule has 4 heteroatoms. The van der Waals surface area contributed by atoms with Gasteiger partial charge < -0.3 is 10.1 Å². The lowest BCUT2D eigenvalue weighted by Gasteiger charge is -2.17. The number of anilines is 2. The molecule has 1 saturated carbocycles. The van der Waals surface area contributed by atoms with Crippen LogP contribution in [0.5, 0.6) is 0 Å². The van der Waals surface area contributed by atoms with Crippen LogP contribution in [0, 0.1) is 0 Å². The van der Waals surface area contributed by atoms with Crippen LogP contribution in [0.15, 0.2) is 24.3 Å². The maximum absolute atomic E-state index is 11.3. The molecule has 0 aromatic heterocycles. The van der Waals surface area contributed by atoms with Gasteiger partial charge in [-0.05, 0) is 44.0 Å². The molecule has 0 spiro atoms. The van der Waals surface area contributed by atoms with Crippen LogP contribution in [0.3, 0.4) is 0 Å². The summed E-state index contributed by atoms with van der Waals surface area (Å²) in [4.78, 5) is 11.3. The van der Waals surface area contributed by atoms with E-state index in [2.05, 4.69) is 10.6 Å². The highest BCUT2D eigenvalue weighted by Crippen LogP contribution is 2.22. The second-order valence-electron chi connectivity index (χ2n) is 5.26. The predicted octanol–water partition coefficient (Wildman–Crippen LogP) is 4.39. The van der Waals surface area contributed by atoms with Crippen LogP contribution >= 0.6 is 0 Å². The maximum Gasteiger partial charge on any atom is 0.411 e. The molecule has 0 saturated heterocycles. The molecule has 0 radical (unpaired) electrons. The first-order valence-electron chi connectivity index (χ1n) is 7.58. The van der Waals surface area contributed by atoms with Crippen LogP contribution in [-0.2, 0) is 4.74 Å². The summed E-state index contributed by atoms with van der Waals surface area (Å²) in [5.74, 6) is 0. The molecule has 2 rings (SSSR count). The standard InChI is InChI=1S/C16H24N2O2/c1-2-20-16(19)18-15-11-9-14(10-12-15)17-13-7-5-3-4-6-8-13/h9-13,17H,2-8H2,1H3,(H,18,19). The van der Waals surface area contributed by atoms with Crippen molar-refractivity contribution in [1.29, 1.82) is 0 Å². The highest BCUT2D eigenvalue weighted by Gasteiger charge is 2.11. The summed E-state index contributed by atoms with van der Waals surface area (Å²) in [6.45, 7) is 2.17. The van der Waals surface area contributed by atoms with Crippen LogP contribution in [0.2, 0.25) is 0 Å². The molecule has 1 aliphatic carbocycles. The average molecular weight is 276 g/mol. The lowest BCUT2D eigenvalue weighted by atomic mass is 10.1. The van der Waals surface area contributed by atoms with Gasteiger partial charge in [0, 0.05) is 17.4 Å². The van der Waals surface area contributed by atoms with Gasteiger partial charge in [-0.25, -0.2) is 4.79 Å². The van der Waals surface area contributed by atoms with Gasteiger partial charge in [-0.2, -0.15) is 0 Å². The number of ether oxygens (including phenoxy) is 1. The molecule has 1 fully saturated rings. The van der Waals surface area contributed by atoms with E-state index >= 15 is 0 Å². The van der Waals surface area contributed by atoms with E-state index in [1.54, 1.807) is 6.92 Å². The molecule has 0 atom stereocenters. The number of carbonyl (C=O) groups excluding carboxylic acids is 1. The fourth-order valence-corrected chi connectivity index (χ4v) is 2.59. The SMILES string of the molecule is CCOC(=O)Nc1ccc(NC2CCCCCC2)cc1. The van der Waals surface area contributed by atoms with Crippen molar-refractivity contribution in [1.82, 2.24) is 0 Å². The second kappa shape index (κ2) is 7.78. The van der Waals surface area contributed by atoms with E-state index in [0.717, 1.165) is 11.4 Å². The maximum atomic E-state index is 11.3. The summed E-state index contributed by atoms with van der Waals surface area (Å²) >= 11 is 0. The quantitative estimate of drug-likeness (QED) is 0.802. The average Bonchev–Trinajstić information content (AvgIpc) is 2.70. The third kappa shape index (κ3) is 4.76. The Balaban J connectivity index is 1.85. The van der Waals surface area contributed by atoms with Crippen molar-refractivity contribution >= 4 is 17.5 Å². The molecule has 0 heterocycles. The summed E-state index contributed by atoms with van der Waals surface area (Å²) in [6.07, 6.45) is 7.46. The molecule has 4 nitrogen and oxygen atoms in total. The van der Waals surface area contributed by atoms with Gasteiger partial charge in [-0.15, -0.1) is 0 Å². The first-order chi connectivity index (χ1) is 9.78. The number of rotatable bonds is 4. The Morgan fingerprint density at radius 2 is 1.70 bits per heavy atom. The van der Waals surface area contributed by atoms with Crippen molar-refractivity contribution in [2.45, 2.75) is 51.5 Å². The first-order valence-corrected chi connectivity index (χ1v) is 7.58. The van der Waals surface area contributed by atoms with Crippen molar-refractivity contribution in [3.63, 3.8) is 0 Å². The minimum atomic E-state index is -0.406. The molecular formula is C16H24N2O2. The Morgan fingerprint density at radius 1 is 1.10 bits per heavy atom. The van der Waals surface area contributed by atoms with Crippen LogP contribution in [0.4, 0.5) is 16.2 Å². The summed E-state index contributed by atoms with van der Waals surface area (Å²) in [7, 11) is 0. The number of nitrogens with one attached hydrogen (secondary N) is 2. The molecule has 110 valence electrons. The molecular weight excluding hydrogens is 252 g/mol. The largest absolute Gasteiger partial charge is 0.450 e. The third-order valence-corrected chi connectivity index (χ3v) is 3.63. The van der Waals surface area contributed by atoms with Gasteiger partial charge in [0.1, 0.15) is 0 Å². The van der Waals surface area contributed by atoms with Crippen molar-refractivity contribution in [2.24, 2.45) is 0 Å². The second-order valence-corrected chi connectivity index (χ2v) is 5.26. The summed E-state index contributed by atoms with van der Waals surface area (Å²) < 4.78 is 4.85. The summed E-state index contributed by atoms with van der Waals surface area (Å²) in [5, 5.41) is 6.28. The monoisotopic (exact) mass is 276 g/mol. The van der Waals surface area contributed by atoms with Crippen molar-refractivity contribution in [3.8, 4) is 0 Å². The smallest absolute Gasteiger partial charge is 0.411 e. The third-order valence-electron chi connectivity index (χ3n) is 3.63. The van der Waals surface area contributed by atoms with Gasteiger partial charge >= 0.3 is 6.09 Å². The number of hydrogen-bond donors (Lipinski definition) is 2. The van der Waals surface area contributed by atoms with Crippen molar-refractivity contribution in [3.05, 3.63) is 24.3 Å². The lowest BCUT2D eigenvalue weighted by Crippen LogP contribution is -2.18. The topological polar surface area (TPSA) is 50.4 Å². The fraction of sp³-hybridized carbons (Fsp3) is 0.562. The van der Waals surface area contributed by atoms with Gasteiger partial charge in [0.05, 0.1) is 6.61 Å². The van der Waals surface area contributed by atoms with E-state index in [1.807, 2.05) is 24.3 Å². The normalized spacial score (nSPS) is 16.2. The molecule has 1 aromatic rings. The highest BCUT2D eigenvalue weighted by molar-refractivity contribution is 5.84. The fourth-order valence-electron chi connectivity index (χ4n) is 2.59. The zero-order valence-electron chi connectivity index (χ0n) is 12.2. The molecule has 1 aliphatic rings. The minimum Gasteiger partial charge on any atom is -0.450 e. The van der Waals surface area contributed by atoms with Crippen LogP contribution in [0.25, 0.3) is 0 Å². The Hall–Kier alpha value is -1.71. The van der Waals surface area contributed by atoms with E-state index < -0.39 is 6.09 Å². The number of amides is 1. The van der Waals surface area contributed by atoms with Crippen molar-refractivity contribution in [2.75, 3.05) is 17.2 Å². The molecule has 0 bridgehead atoms. The van der Waals surface area contributed by atoms with Crippen LogP contribution in [0.1, 0.15) is 45.4 Å². The Bertz CT molecular complexity index is 409. The summed E-state index contributed by atoms with van der Waals surface area (Å²) in [5.41, 5.74) is 1.88.